The largest absolute Gasteiger partial charge is 0.472 e. The minimum absolute atomic E-state index is 0.102. The number of furan rings is 2. The fraction of sp³-hybridized carbons (Fsp3) is 0.200. The number of aromatic nitrogens is 1. The summed E-state index contributed by atoms with van der Waals surface area (Å²) >= 11 is 1.46. The van der Waals surface area contributed by atoms with Crippen LogP contribution in [0.25, 0.3) is 10.6 Å². The van der Waals surface area contributed by atoms with Crippen molar-refractivity contribution in [1.29, 1.82) is 0 Å². The number of nitrogens with one attached hydrogen (secondary N) is 1. The van der Waals surface area contributed by atoms with E-state index in [0.717, 1.165) is 10.6 Å². The molecule has 0 aromatic carbocycles. The smallest absolute Gasteiger partial charge is 0.226 e. The Morgan fingerprint density at radius 3 is 3.05 bits per heavy atom. The lowest BCUT2D eigenvalue weighted by Gasteiger charge is -2.08. The van der Waals surface area contributed by atoms with Gasteiger partial charge < -0.3 is 19.3 Å². The molecule has 0 aliphatic heterocycles. The van der Waals surface area contributed by atoms with E-state index < -0.39 is 6.10 Å². The highest BCUT2D eigenvalue weighted by molar-refractivity contribution is 7.13. The summed E-state index contributed by atoms with van der Waals surface area (Å²) < 4.78 is 10.1. The molecule has 0 saturated heterocycles. The van der Waals surface area contributed by atoms with Gasteiger partial charge in [-0.2, -0.15) is 0 Å². The molecule has 1 atom stereocenters. The number of carbonyl (C=O) groups is 1. The lowest BCUT2D eigenvalue weighted by Crippen LogP contribution is -2.29. The highest BCUT2D eigenvalue weighted by Crippen LogP contribution is 2.24. The number of carbonyl (C=O) groups excluding carboxylic acids is 1. The maximum absolute atomic E-state index is 11.9. The molecule has 0 radical (unpaired) electrons. The number of amides is 1. The van der Waals surface area contributed by atoms with Crippen LogP contribution in [-0.4, -0.2) is 22.5 Å². The molecule has 2 N–H and O–H groups in total. The second-order valence-corrected chi connectivity index (χ2v) is 5.53. The average molecular weight is 318 g/mol. The van der Waals surface area contributed by atoms with Crippen LogP contribution in [0.5, 0.6) is 0 Å². The molecule has 7 heteroatoms. The van der Waals surface area contributed by atoms with Crippen molar-refractivity contribution in [3.63, 3.8) is 0 Å². The summed E-state index contributed by atoms with van der Waals surface area (Å²) in [4.78, 5) is 16.3. The zero-order chi connectivity index (χ0) is 15.4. The van der Waals surface area contributed by atoms with E-state index in [2.05, 4.69) is 10.3 Å². The van der Waals surface area contributed by atoms with Crippen LogP contribution in [0.3, 0.4) is 0 Å². The van der Waals surface area contributed by atoms with Gasteiger partial charge in [0.15, 0.2) is 0 Å². The van der Waals surface area contributed by atoms with Crippen molar-refractivity contribution >= 4 is 17.2 Å². The summed E-state index contributed by atoms with van der Waals surface area (Å²) in [5, 5.41) is 15.1. The van der Waals surface area contributed by atoms with Gasteiger partial charge in [0.1, 0.15) is 23.1 Å². The molecule has 0 aliphatic carbocycles. The SMILES string of the molecule is O=C(Cc1csc(-c2ccoc2)n1)NCC(O)c1ccco1. The molecule has 3 aromatic rings. The Labute approximate surface area is 130 Å². The number of aliphatic hydroxyl groups excluding tert-OH is 1. The maximum atomic E-state index is 11.9. The summed E-state index contributed by atoms with van der Waals surface area (Å²) in [5.41, 5.74) is 1.58. The van der Waals surface area contributed by atoms with Crippen LogP contribution in [0.15, 0.2) is 51.2 Å². The predicted octanol–water partition coefficient (Wildman–Crippen LogP) is 2.39. The Balaban J connectivity index is 1.52. The minimum Gasteiger partial charge on any atom is -0.472 e. The molecule has 3 rings (SSSR count). The highest BCUT2D eigenvalue weighted by atomic mass is 32.1. The summed E-state index contributed by atoms with van der Waals surface area (Å²) in [5.74, 6) is 0.228. The number of thiazole rings is 1. The Kier molecular flexibility index (Phi) is 4.36. The van der Waals surface area contributed by atoms with Gasteiger partial charge in [-0.25, -0.2) is 4.98 Å². The predicted molar refractivity (Wildman–Crippen MR) is 80.2 cm³/mol. The van der Waals surface area contributed by atoms with Gasteiger partial charge in [-0.1, -0.05) is 0 Å². The van der Waals surface area contributed by atoms with Crippen LogP contribution < -0.4 is 5.32 Å². The van der Waals surface area contributed by atoms with Crippen molar-refractivity contribution in [2.45, 2.75) is 12.5 Å². The molecule has 22 heavy (non-hydrogen) atoms. The first-order valence-corrected chi connectivity index (χ1v) is 7.55. The summed E-state index contributed by atoms with van der Waals surface area (Å²) in [6, 6.07) is 5.17. The number of rotatable bonds is 6. The topological polar surface area (TPSA) is 88.5 Å². The fourth-order valence-corrected chi connectivity index (χ4v) is 2.73. The van der Waals surface area contributed by atoms with Gasteiger partial charge in [0.25, 0.3) is 0 Å². The van der Waals surface area contributed by atoms with Crippen molar-refractivity contribution in [3.05, 3.63) is 53.8 Å². The average Bonchev–Trinajstić information content (AvgIpc) is 3.23. The van der Waals surface area contributed by atoms with E-state index >= 15 is 0 Å². The molecule has 0 saturated carbocycles. The molecule has 114 valence electrons. The van der Waals surface area contributed by atoms with Gasteiger partial charge >= 0.3 is 0 Å². The standard InChI is InChI=1S/C15H14N2O4S/c18-12(13-2-1-4-21-13)7-16-14(19)6-11-9-22-15(17-11)10-3-5-20-8-10/h1-5,8-9,12,18H,6-7H2,(H,16,19). The van der Waals surface area contributed by atoms with Gasteiger partial charge in [-0.15, -0.1) is 11.3 Å². The van der Waals surface area contributed by atoms with E-state index in [9.17, 15) is 9.90 Å². The number of hydrogen-bond acceptors (Lipinski definition) is 6. The molecule has 6 nitrogen and oxygen atoms in total. The normalized spacial score (nSPS) is 12.2. The lowest BCUT2D eigenvalue weighted by atomic mass is 10.2. The van der Waals surface area contributed by atoms with E-state index in [4.69, 9.17) is 8.83 Å². The zero-order valence-corrected chi connectivity index (χ0v) is 12.4. The van der Waals surface area contributed by atoms with Gasteiger partial charge in [-0.05, 0) is 18.2 Å². The van der Waals surface area contributed by atoms with Crippen LogP contribution in [0.2, 0.25) is 0 Å². The molecule has 0 aliphatic rings. The second kappa shape index (κ2) is 6.59. The van der Waals surface area contributed by atoms with E-state index in [1.165, 1.54) is 17.6 Å². The highest BCUT2D eigenvalue weighted by Gasteiger charge is 2.13. The molecule has 1 unspecified atom stereocenters. The van der Waals surface area contributed by atoms with Crippen LogP contribution in [-0.2, 0) is 11.2 Å². The maximum Gasteiger partial charge on any atom is 0.226 e. The molecular formula is C15H14N2O4S. The van der Waals surface area contributed by atoms with E-state index in [-0.39, 0.29) is 18.9 Å². The number of aliphatic hydroxyl groups is 1. The van der Waals surface area contributed by atoms with Crippen LogP contribution >= 0.6 is 11.3 Å². The summed E-state index contributed by atoms with van der Waals surface area (Å²) in [7, 11) is 0. The Hall–Kier alpha value is -2.38. The molecule has 0 bridgehead atoms. The van der Waals surface area contributed by atoms with Gasteiger partial charge in [-0.3, -0.25) is 4.79 Å². The van der Waals surface area contributed by atoms with Gasteiger partial charge in [0, 0.05) is 10.9 Å². The summed E-state index contributed by atoms with van der Waals surface area (Å²) in [6.07, 6.45) is 3.99. The molecule has 1 amide bonds. The molecular weight excluding hydrogens is 304 g/mol. The molecule has 3 aromatic heterocycles. The quantitative estimate of drug-likeness (QED) is 0.728. The van der Waals surface area contributed by atoms with E-state index in [1.54, 1.807) is 24.7 Å². The van der Waals surface area contributed by atoms with Crippen molar-refractivity contribution in [2.75, 3.05) is 6.54 Å². The van der Waals surface area contributed by atoms with Crippen molar-refractivity contribution < 1.29 is 18.7 Å². The van der Waals surface area contributed by atoms with Crippen LogP contribution in [0.1, 0.15) is 17.6 Å². The first-order chi connectivity index (χ1) is 10.7. The Bertz CT molecular complexity index is 719. The lowest BCUT2D eigenvalue weighted by molar-refractivity contribution is -0.121. The molecule has 0 spiro atoms. The van der Waals surface area contributed by atoms with Crippen molar-refractivity contribution in [3.8, 4) is 10.6 Å². The van der Waals surface area contributed by atoms with Crippen molar-refractivity contribution in [2.24, 2.45) is 0 Å². The van der Waals surface area contributed by atoms with Crippen LogP contribution in [0, 0.1) is 0 Å². The van der Waals surface area contributed by atoms with E-state index in [0.29, 0.717) is 11.5 Å². The number of hydrogen-bond donors (Lipinski definition) is 2. The third-order valence-corrected chi connectivity index (χ3v) is 3.97. The first-order valence-electron chi connectivity index (χ1n) is 6.67. The third kappa shape index (κ3) is 3.44. The first kappa shape index (κ1) is 14.6. The second-order valence-electron chi connectivity index (χ2n) is 4.67. The zero-order valence-electron chi connectivity index (χ0n) is 11.6. The monoisotopic (exact) mass is 318 g/mol. The third-order valence-electron chi connectivity index (χ3n) is 3.03. The Morgan fingerprint density at radius 1 is 1.41 bits per heavy atom. The van der Waals surface area contributed by atoms with Gasteiger partial charge in [0.2, 0.25) is 5.91 Å². The van der Waals surface area contributed by atoms with E-state index in [1.807, 2.05) is 11.4 Å². The molecule has 0 fully saturated rings. The van der Waals surface area contributed by atoms with Crippen LogP contribution in [0.4, 0.5) is 0 Å². The summed E-state index contributed by atoms with van der Waals surface area (Å²) in [6.45, 7) is 0.102. The minimum atomic E-state index is -0.851. The Morgan fingerprint density at radius 2 is 2.32 bits per heavy atom. The van der Waals surface area contributed by atoms with Gasteiger partial charge in [0.05, 0.1) is 31.2 Å². The van der Waals surface area contributed by atoms with Crippen molar-refractivity contribution in [1.82, 2.24) is 10.3 Å². The fourth-order valence-electron chi connectivity index (χ4n) is 1.93. The number of nitrogens with zero attached hydrogens (tertiary/aromatic N) is 1. The molecule has 3 heterocycles.